The predicted octanol–water partition coefficient (Wildman–Crippen LogP) is 2.02. The van der Waals surface area contributed by atoms with Crippen LogP contribution in [0.2, 0.25) is 0 Å². The lowest BCUT2D eigenvalue weighted by Crippen LogP contribution is -2.23. The second-order valence-electron chi connectivity index (χ2n) is 4.74. The van der Waals surface area contributed by atoms with Gasteiger partial charge in [0.25, 0.3) is 10.0 Å². The molecule has 0 saturated heterocycles. The highest BCUT2D eigenvalue weighted by Gasteiger charge is 2.16. The van der Waals surface area contributed by atoms with Gasteiger partial charge in [-0.25, -0.2) is 23.1 Å². The molecule has 0 saturated carbocycles. The first-order valence-corrected chi connectivity index (χ1v) is 8.87. The van der Waals surface area contributed by atoms with E-state index in [4.69, 9.17) is 0 Å². The smallest absolute Gasteiger partial charge is 0.259 e. The SMILES string of the molecule is Cn1cnc(S(=O)(=O)NCc2ccc(-c3nccs3)cc2)c1. The predicted molar refractivity (Wildman–Crippen MR) is 84.8 cm³/mol. The number of thiazole rings is 1. The highest BCUT2D eigenvalue weighted by Crippen LogP contribution is 2.21. The third-order valence-electron chi connectivity index (χ3n) is 3.06. The molecule has 0 unspecified atom stereocenters. The Bertz CT molecular complexity index is 853. The van der Waals surface area contributed by atoms with Crippen molar-refractivity contribution in [2.45, 2.75) is 11.6 Å². The summed E-state index contributed by atoms with van der Waals surface area (Å²) in [5.41, 5.74) is 1.89. The molecule has 1 aromatic carbocycles. The monoisotopic (exact) mass is 334 g/mol. The number of aromatic nitrogens is 3. The van der Waals surface area contributed by atoms with E-state index in [0.717, 1.165) is 16.1 Å². The Morgan fingerprint density at radius 2 is 2.00 bits per heavy atom. The first kappa shape index (κ1) is 14.9. The number of aryl methyl sites for hydroxylation is 1. The zero-order valence-corrected chi connectivity index (χ0v) is 13.4. The molecule has 0 amide bonds. The maximum Gasteiger partial charge on any atom is 0.259 e. The van der Waals surface area contributed by atoms with Crippen LogP contribution in [-0.2, 0) is 23.6 Å². The fourth-order valence-corrected chi connectivity index (χ4v) is 3.55. The molecule has 114 valence electrons. The molecular weight excluding hydrogens is 320 g/mol. The van der Waals surface area contributed by atoms with E-state index in [-0.39, 0.29) is 11.6 Å². The van der Waals surface area contributed by atoms with Gasteiger partial charge in [-0.15, -0.1) is 11.3 Å². The lowest BCUT2D eigenvalue weighted by atomic mass is 10.1. The number of nitrogens with zero attached hydrogens (tertiary/aromatic N) is 3. The number of sulfonamides is 1. The van der Waals surface area contributed by atoms with Crippen LogP contribution in [0.15, 0.2) is 53.4 Å². The van der Waals surface area contributed by atoms with Crippen LogP contribution in [0.4, 0.5) is 0 Å². The molecule has 0 fully saturated rings. The summed E-state index contributed by atoms with van der Waals surface area (Å²) in [6.07, 6.45) is 4.68. The Morgan fingerprint density at radius 3 is 2.59 bits per heavy atom. The zero-order valence-electron chi connectivity index (χ0n) is 11.8. The third-order valence-corrected chi connectivity index (χ3v) is 5.16. The Morgan fingerprint density at radius 1 is 1.23 bits per heavy atom. The van der Waals surface area contributed by atoms with Crippen LogP contribution in [0.1, 0.15) is 5.56 Å². The first-order chi connectivity index (χ1) is 10.5. The average molecular weight is 334 g/mol. The summed E-state index contributed by atoms with van der Waals surface area (Å²) in [6.45, 7) is 0.219. The fraction of sp³-hybridized carbons (Fsp3) is 0.143. The minimum Gasteiger partial charge on any atom is -0.339 e. The standard InChI is InChI=1S/C14H14N4O2S2/c1-18-9-13(16-10-18)22(19,20)17-8-11-2-4-12(5-3-11)14-15-6-7-21-14/h2-7,9-10,17H,8H2,1H3. The van der Waals surface area contributed by atoms with Crippen molar-refractivity contribution in [3.8, 4) is 10.6 Å². The lowest BCUT2D eigenvalue weighted by Gasteiger charge is -2.05. The van der Waals surface area contributed by atoms with E-state index >= 15 is 0 Å². The van der Waals surface area contributed by atoms with Gasteiger partial charge >= 0.3 is 0 Å². The molecule has 0 aliphatic rings. The highest BCUT2D eigenvalue weighted by atomic mass is 32.2. The molecule has 22 heavy (non-hydrogen) atoms. The number of rotatable bonds is 5. The summed E-state index contributed by atoms with van der Waals surface area (Å²) in [5.74, 6) is 0. The van der Waals surface area contributed by atoms with Crippen molar-refractivity contribution < 1.29 is 8.42 Å². The molecule has 0 bridgehead atoms. The van der Waals surface area contributed by atoms with Gasteiger partial charge in [-0.1, -0.05) is 24.3 Å². The maximum absolute atomic E-state index is 12.1. The molecule has 3 rings (SSSR count). The lowest BCUT2D eigenvalue weighted by molar-refractivity contribution is 0.578. The summed E-state index contributed by atoms with van der Waals surface area (Å²) < 4.78 is 28.3. The van der Waals surface area contributed by atoms with E-state index in [1.54, 1.807) is 29.1 Å². The molecule has 2 heterocycles. The summed E-state index contributed by atoms with van der Waals surface area (Å²) in [5, 5.41) is 2.89. The Balaban J connectivity index is 1.69. The first-order valence-electron chi connectivity index (χ1n) is 6.51. The van der Waals surface area contributed by atoms with E-state index < -0.39 is 10.0 Å². The topological polar surface area (TPSA) is 76.9 Å². The fourth-order valence-electron chi connectivity index (χ4n) is 1.91. The summed E-state index contributed by atoms with van der Waals surface area (Å²) in [7, 11) is -1.86. The van der Waals surface area contributed by atoms with E-state index in [1.807, 2.05) is 29.6 Å². The van der Waals surface area contributed by atoms with Gasteiger partial charge in [0.15, 0.2) is 5.03 Å². The Hall–Kier alpha value is -2.03. The number of hydrogen-bond acceptors (Lipinski definition) is 5. The van der Waals surface area contributed by atoms with Crippen molar-refractivity contribution in [3.63, 3.8) is 0 Å². The minimum absolute atomic E-state index is 0.0226. The summed E-state index contributed by atoms with van der Waals surface area (Å²) in [4.78, 5) is 8.09. The van der Waals surface area contributed by atoms with Crippen molar-refractivity contribution in [2.24, 2.45) is 7.05 Å². The van der Waals surface area contributed by atoms with Gasteiger partial charge in [-0.05, 0) is 5.56 Å². The van der Waals surface area contributed by atoms with Gasteiger partial charge < -0.3 is 4.57 Å². The molecule has 6 nitrogen and oxygen atoms in total. The minimum atomic E-state index is -3.58. The van der Waals surface area contributed by atoms with Crippen LogP contribution < -0.4 is 4.72 Å². The summed E-state index contributed by atoms with van der Waals surface area (Å²) >= 11 is 1.57. The highest BCUT2D eigenvalue weighted by molar-refractivity contribution is 7.89. The number of hydrogen-bond donors (Lipinski definition) is 1. The van der Waals surface area contributed by atoms with E-state index in [2.05, 4.69) is 14.7 Å². The maximum atomic E-state index is 12.1. The average Bonchev–Trinajstić information content (AvgIpc) is 3.17. The van der Waals surface area contributed by atoms with E-state index in [0.29, 0.717) is 0 Å². The second-order valence-corrected chi connectivity index (χ2v) is 7.34. The van der Waals surface area contributed by atoms with Crippen molar-refractivity contribution in [3.05, 3.63) is 53.9 Å². The van der Waals surface area contributed by atoms with Gasteiger partial charge in [0.1, 0.15) is 5.01 Å². The Labute approximate surface area is 132 Å². The quantitative estimate of drug-likeness (QED) is 0.774. The van der Waals surface area contributed by atoms with Crippen molar-refractivity contribution in [1.82, 2.24) is 19.3 Å². The van der Waals surface area contributed by atoms with Gasteiger partial charge in [-0.2, -0.15) is 0 Å². The van der Waals surface area contributed by atoms with Gasteiger partial charge in [0.05, 0.1) is 6.33 Å². The van der Waals surface area contributed by atoms with Crippen LogP contribution in [-0.4, -0.2) is 23.0 Å². The van der Waals surface area contributed by atoms with Crippen LogP contribution in [0, 0.1) is 0 Å². The summed E-state index contributed by atoms with van der Waals surface area (Å²) in [6, 6.07) is 7.64. The van der Waals surface area contributed by atoms with E-state index in [9.17, 15) is 8.42 Å². The zero-order chi connectivity index (χ0) is 15.6. The molecular formula is C14H14N4O2S2. The second kappa shape index (κ2) is 5.99. The third kappa shape index (κ3) is 3.24. The molecule has 0 spiro atoms. The Kier molecular flexibility index (Phi) is 4.06. The normalized spacial score (nSPS) is 11.7. The molecule has 0 aliphatic carbocycles. The molecule has 0 radical (unpaired) electrons. The van der Waals surface area contributed by atoms with E-state index in [1.165, 1.54) is 12.5 Å². The molecule has 2 aromatic heterocycles. The van der Waals surface area contributed by atoms with Gasteiger partial charge in [0, 0.05) is 36.9 Å². The molecule has 8 heteroatoms. The molecule has 3 aromatic rings. The number of nitrogens with one attached hydrogen (secondary N) is 1. The van der Waals surface area contributed by atoms with Crippen LogP contribution >= 0.6 is 11.3 Å². The molecule has 0 aliphatic heterocycles. The van der Waals surface area contributed by atoms with Crippen LogP contribution in [0.3, 0.4) is 0 Å². The molecule has 0 atom stereocenters. The largest absolute Gasteiger partial charge is 0.339 e. The van der Waals surface area contributed by atoms with Crippen LogP contribution in [0.5, 0.6) is 0 Å². The van der Waals surface area contributed by atoms with Crippen molar-refractivity contribution in [1.29, 1.82) is 0 Å². The molecule has 1 N–H and O–H groups in total. The van der Waals surface area contributed by atoms with Gasteiger partial charge in [-0.3, -0.25) is 0 Å². The van der Waals surface area contributed by atoms with Crippen LogP contribution in [0.25, 0.3) is 10.6 Å². The van der Waals surface area contributed by atoms with Crippen molar-refractivity contribution in [2.75, 3.05) is 0 Å². The number of benzene rings is 1. The number of imidazole rings is 1. The van der Waals surface area contributed by atoms with Crippen molar-refractivity contribution >= 4 is 21.4 Å². The van der Waals surface area contributed by atoms with Gasteiger partial charge in [0.2, 0.25) is 0 Å².